The van der Waals surface area contributed by atoms with E-state index in [4.69, 9.17) is 10.7 Å². The Hall–Kier alpha value is -1.78. The number of nitrogen functional groups attached to an aromatic ring is 1. The summed E-state index contributed by atoms with van der Waals surface area (Å²) >= 11 is 0. The molecule has 0 spiro atoms. The lowest BCUT2D eigenvalue weighted by molar-refractivity contribution is 0.532. The van der Waals surface area contributed by atoms with Crippen LogP contribution < -0.4 is 5.73 Å². The van der Waals surface area contributed by atoms with Crippen molar-refractivity contribution < 1.29 is 0 Å². The Kier molecular flexibility index (Phi) is 4.47. The van der Waals surface area contributed by atoms with Crippen molar-refractivity contribution >= 4 is 5.82 Å². The number of hydrogen-bond donors (Lipinski definition) is 1. The highest BCUT2D eigenvalue weighted by molar-refractivity contribution is 5.70. The Morgan fingerprint density at radius 1 is 1.25 bits per heavy atom. The highest BCUT2D eigenvalue weighted by Gasteiger charge is 2.16. The van der Waals surface area contributed by atoms with Crippen molar-refractivity contribution in [2.24, 2.45) is 0 Å². The molecular weight excluding hydrogens is 250 g/mol. The van der Waals surface area contributed by atoms with Crippen LogP contribution in [0.25, 0.3) is 11.3 Å². The van der Waals surface area contributed by atoms with Crippen LogP contribution in [0, 0.1) is 0 Å². The van der Waals surface area contributed by atoms with Crippen molar-refractivity contribution in [1.29, 1.82) is 0 Å². The highest BCUT2D eigenvalue weighted by atomic mass is 15.3. The first-order chi connectivity index (χ1) is 9.58. The van der Waals surface area contributed by atoms with Gasteiger partial charge in [0.25, 0.3) is 0 Å². The average Bonchev–Trinajstić information content (AvgIpc) is 2.99. The zero-order valence-corrected chi connectivity index (χ0v) is 12.9. The average molecular weight is 275 g/mol. The molecule has 0 aliphatic rings. The molecule has 5 nitrogen and oxygen atoms in total. The van der Waals surface area contributed by atoms with E-state index in [0.717, 1.165) is 48.7 Å². The van der Waals surface area contributed by atoms with Crippen molar-refractivity contribution in [2.75, 3.05) is 5.73 Å². The van der Waals surface area contributed by atoms with Crippen LogP contribution in [-0.4, -0.2) is 19.3 Å². The van der Waals surface area contributed by atoms with Gasteiger partial charge in [-0.05, 0) is 26.7 Å². The van der Waals surface area contributed by atoms with Gasteiger partial charge in [0.2, 0.25) is 0 Å². The van der Waals surface area contributed by atoms with Crippen LogP contribution in [0.5, 0.6) is 0 Å². The van der Waals surface area contributed by atoms with E-state index < -0.39 is 0 Å². The molecule has 2 aromatic rings. The second-order valence-corrected chi connectivity index (χ2v) is 5.47. The summed E-state index contributed by atoms with van der Waals surface area (Å²) in [6, 6.07) is 0.345. The lowest BCUT2D eigenvalue weighted by Crippen LogP contribution is -2.06. The van der Waals surface area contributed by atoms with Crippen LogP contribution in [0.15, 0.2) is 12.4 Å². The molecule has 0 aromatic carbocycles. The standard InChI is InChI=1S/C15H25N5/c1-5-7-13-18-14(15(16)19(13)8-6-2)12-9-17-20(10-12)11(3)4/h9-11H,5-8,16H2,1-4H3. The first kappa shape index (κ1) is 14.6. The second-order valence-electron chi connectivity index (χ2n) is 5.47. The fraction of sp³-hybridized carbons (Fsp3) is 0.600. The summed E-state index contributed by atoms with van der Waals surface area (Å²) in [7, 11) is 0. The van der Waals surface area contributed by atoms with Crippen molar-refractivity contribution in [3.05, 3.63) is 18.2 Å². The van der Waals surface area contributed by atoms with E-state index >= 15 is 0 Å². The van der Waals surface area contributed by atoms with Gasteiger partial charge in [-0.2, -0.15) is 5.10 Å². The molecule has 0 amide bonds. The zero-order chi connectivity index (χ0) is 14.7. The number of aryl methyl sites for hydroxylation is 1. The molecule has 0 bridgehead atoms. The van der Waals surface area contributed by atoms with Gasteiger partial charge in [-0.1, -0.05) is 13.8 Å². The molecular formula is C15H25N5. The maximum atomic E-state index is 6.30. The first-order valence-electron chi connectivity index (χ1n) is 7.47. The lowest BCUT2D eigenvalue weighted by Gasteiger charge is -2.07. The number of nitrogens with zero attached hydrogens (tertiary/aromatic N) is 4. The van der Waals surface area contributed by atoms with E-state index in [0.29, 0.717) is 6.04 Å². The van der Waals surface area contributed by atoms with Crippen LogP contribution >= 0.6 is 0 Å². The minimum Gasteiger partial charge on any atom is -0.383 e. The Balaban J connectivity index is 2.42. The second kappa shape index (κ2) is 6.11. The van der Waals surface area contributed by atoms with E-state index in [9.17, 15) is 0 Å². The molecule has 0 aliphatic carbocycles. The molecule has 5 heteroatoms. The van der Waals surface area contributed by atoms with Crippen molar-refractivity contribution in [1.82, 2.24) is 19.3 Å². The van der Waals surface area contributed by atoms with Gasteiger partial charge in [-0.25, -0.2) is 4.98 Å². The minimum atomic E-state index is 0.345. The normalized spacial score (nSPS) is 11.4. The Morgan fingerprint density at radius 3 is 2.55 bits per heavy atom. The van der Waals surface area contributed by atoms with Crippen LogP contribution in [-0.2, 0) is 13.0 Å². The molecule has 0 aliphatic heterocycles. The van der Waals surface area contributed by atoms with E-state index in [1.807, 2.05) is 17.1 Å². The fourth-order valence-corrected chi connectivity index (χ4v) is 2.36. The van der Waals surface area contributed by atoms with Gasteiger partial charge in [0.1, 0.15) is 17.3 Å². The lowest BCUT2D eigenvalue weighted by atomic mass is 10.2. The summed E-state index contributed by atoms with van der Waals surface area (Å²) in [4.78, 5) is 4.75. The third-order valence-corrected chi connectivity index (χ3v) is 3.41. The van der Waals surface area contributed by atoms with Crippen LogP contribution in [0.3, 0.4) is 0 Å². The van der Waals surface area contributed by atoms with Crippen LogP contribution in [0.2, 0.25) is 0 Å². The quantitative estimate of drug-likeness (QED) is 0.880. The van der Waals surface area contributed by atoms with E-state index in [-0.39, 0.29) is 0 Å². The Morgan fingerprint density at radius 2 is 2.00 bits per heavy atom. The van der Waals surface area contributed by atoms with Crippen molar-refractivity contribution in [3.63, 3.8) is 0 Å². The molecule has 2 heterocycles. The largest absolute Gasteiger partial charge is 0.383 e. The Bertz CT molecular complexity index is 565. The highest BCUT2D eigenvalue weighted by Crippen LogP contribution is 2.27. The molecule has 2 aromatic heterocycles. The van der Waals surface area contributed by atoms with Crippen molar-refractivity contribution in [3.8, 4) is 11.3 Å². The molecule has 2 N–H and O–H groups in total. The Labute approximate surface area is 120 Å². The summed E-state index contributed by atoms with van der Waals surface area (Å²) in [6.07, 6.45) is 6.97. The smallest absolute Gasteiger partial charge is 0.131 e. The SMILES string of the molecule is CCCc1nc(-c2cnn(C(C)C)c2)c(N)n1CCC. The summed E-state index contributed by atoms with van der Waals surface area (Å²) in [6.45, 7) is 9.46. The van der Waals surface area contributed by atoms with E-state index in [1.165, 1.54) is 0 Å². The van der Waals surface area contributed by atoms with Gasteiger partial charge in [-0.3, -0.25) is 4.68 Å². The topological polar surface area (TPSA) is 61.7 Å². The number of aromatic nitrogens is 4. The number of nitrogens with two attached hydrogens (primary N) is 1. The van der Waals surface area contributed by atoms with Gasteiger partial charge >= 0.3 is 0 Å². The number of hydrogen-bond acceptors (Lipinski definition) is 3. The minimum absolute atomic E-state index is 0.345. The third-order valence-electron chi connectivity index (χ3n) is 3.41. The summed E-state index contributed by atoms with van der Waals surface area (Å²) < 4.78 is 4.08. The molecule has 0 atom stereocenters. The van der Waals surface area contributed by atoms with Gasteiger partial charge in [0, 0.05) is 30.8 Å². The zero-order valence-electron chi connectivity index (χ0n) is 12.9. The molecule has 20 heavy (non-hydrogen) atoms. The molecule has 0 radical (unpaired) electrons. The maximum absolute atomic E-state index is 6.30. The van der Waals surface area contributed by atoms with Crippen LogP contribution in [0.4, 0.5) is 5.82 Å². The summed E-state index contributed by atoms with van der Waals surface area (Å²) in [5.41, 5.74) is 8.17. The van der Waals surface area contributed by atoms with Gasteiger partial charge < -0.3 is 10.3 Å². The van der Waals surface area contributed by atoms with E-state index in [2.05, 4.69) is 37.4 Å². The van der Waals surface area contributed by atoms with E-state index in [1.54, 1.807) is 0 Å². The third kappa shape index (κ3) is 2.71. The van der Waals surface area contributed by atoms with Crippen molar-refractivity contribution in [2.45, 2.75) is 59.5 Å². The number of anilines is 1. The molecule has 0 saturated heterocycles. The van der Waals surface area contributed by atoms with Crippen LogP contribution in [0.1, 0.15) is 52.4 Å². The summed E-state index contributed by atoms with van der Waals surface area (Å²) in [5.74, 6) is 1.85. The van der Waals surface area contributed by atoms with Gasteiger partial charge in [-0.15, -0.1) is 0 Å². The number of imidazole rings is 1. The predicted octanol–water partition coefficient (Wildman–Crippen LogP) is 3.27. The monoisotopic (exact) mass is 275 g/mol. The predicted molar refractivity (Wildman–Crippen MR) is 82.5 cm³/mol. The molecule has 0 fully saturated rings. The molecule has 0 unspecified atom stereocenters. The fourth-order valence-electron chi connectivity index (χ4n) is 2.36. The maximum Gasteiger partial charge on any atom is 0.131 e. The molecule has 110 valence electrons. The molecule has 0 saturated carbocycles. The van der Waals surface area contributed by atoms with Gasteiger partial charge in [0.05, 0.1) is 6.20 Å². The first-order valence-corrected chi connectivity index (χ1v) is 7.47. The number of rotatable bonds is 6. The van der Waals surface area contributed by atoms with Gasteiger partial charge in [0.15, 0.2) is 0 Å². The molecule has 2 rings (SSSR count). The summed E-state index contributed by atoms with van der Waals surface area (Å²) in [5, 5.41) is 4.38.